The number of ether oxygens (including phenoxy) is 3. The normalized spacial score (nSPS) is 12.4. The third-order valence-corrected chi connectivity index (χ3v) is 4.68. The van der Waals surface area contributed by atoms with Crippen molar-refractivity contribution < 1.29 is 28.6 Å². The summed E-state index contributed by atoms with van der Waals surface area (Å²) >= 11 is 0. The van der Waals surface area contributed by atoms with Gasteiger partial charge in [0.05, 0.1) is 14.2 Å². The molecule has 1 aromatic heterocycles. The molecule has 2 rings (SSSR count). The number of alkyl carbamates (subject to hydrolysis) is 1. The summed E-state index contributed by atoms with van der Waals surface area (Å²) in [4.78, 5) is 41.5. The lowest BCUT2D eigenvalue weighted by Crippen LogP contribution is -2.54. The van der Waals surface area contributed by atoms with E-state index in [2.05, 4.69) is 15.6 Å². The van der Waals surface area contributed by atoms with Crippen molar-refractivity contribution >= 4 is 18.0 Å². The zero-order valence-corrected chi connectivity index (χ0v) is 18.7. The third-order valence-electron chi connectivity index (χ3n) is 4.68. The summed E-state index contributed by atoms with van der Waals surface area (Å²) in [6.45, 7) is 3.64. The van der Waals surface area contributed by atoms with Crippen molar-refractivity contribution in [2.24, 2.45) is 5.92 Å². The molecule has 0 saturated carbocycles. The second-order valence-corrected chi connectivity index (χ2v) is 7.43. The highest BCUT2D eigenvalue weighted by Crippen LogP contribution is 2.11. The van der Waals surface area contributed by atoms with Gasteiger partial charge in [0.15, 0.2) is 0 Å². The van der Waals surface area contributed by atoms with E-state index in [4.69, 9.17) is 14.2 Å². The number of aromatic nitrogens is 1. The predicted molar refractivity (Wildman–Crippen MR) is 117 cm³/mol. The van der Waals surface area contributed by atoms with E-state index < -0.39 is 30.1 Å². The van der Waals surface area contributed by atoms with Crippen LogP contribution in [0.25, 0.3) is 0 Å². The molecule has 1 aromatic carbocycles. The molecule has 0 spiro atoms. The van der Waals surface area contributed by atoms with E-state index in [1.165, 1.54) is 14.2 Å². The van der Waals surface area contributed by atoms with Crippen molar-refractivity contribution in [1.29, 1.82) is 0 Å². The number of hydrogen-bond donors (Lipinski definition) is 2. The number of carbonyl (C=O) groups excluding carboxylic acids is 3. The Balaban J connectivity index is 2.01. The standard InChI is InChI=1S/C23H29N3O6/c1-15(2)20(26-23(29)32-14-16-8-6-5-7-9-16)21(27)25-18(22(28)31-4)12-17-10-11-19(30-3)24-13-17/h5-11,13,15,18,20H,12,14H2,1-4H3,(H,25,27)(H,26,29)/t18-,20-/m0/s1. The third kappa shape index (κ3) is 7.57. The zero-order valence-electron chi connectivity index (χ0n) is 18.7. The van der Waals surface area contributed by atoms with Gasteiger partial charge < -0.3 is 24.8 Å². The maximum absolute atomic E-state index is 12.9. The van der Waals surface area contributed by atoms with Crippen molar-refractivity contribution in [2.45, 2.75) is 39.0 Å². The molecule has 9 heteroatoms. The molecule has 172 valence electrons. The number of methoxy groups -OCH3 is 2. The van der Waals surface area contributed by atoms with Crippen LogP contribution >= 0.6 is 0 Å². The van der Waals surface area contributed by atoms with Gasteiger partial charge in [0.2, 0.25) is 11.8 Å². The van der Waals surface area contributed by atoms with Crippen molar-refractivity contribution in [3.05, 3.63) is 59.8 Å². The van der Waals surface area contributed by atoms with E-state index in [1.54, 1.807) is 32.2 Å². The van der Waals surface area contributed by atoms with Crippen LogP contribution in [0.15, 0.2) is 48.7 Å². The van der Waals surface area contributed by atoms with Crippen molar-refractivity contribution in [2.75, 3.05) is 14.2 Å². The Labute approximate surface area is 187 Å². The van der Waals surface area contributed by atoms with E-state index >= 15 is 0 Å². The summed E-state index contributed by atoms with van der Waals surface area (Å²) in [6, 6.07) is 10.7. The van der Waals surface area contributed by atoms with Gasteiger partial charge in [-0.3, -0.25) is 4.79 Å². The lowest BCUT2D eigenvalue weighted by atomic mass is 10.0. The van der Waals surface area contributed by atoms with E-state index in [0.29, 0.717) is 11.4 Å². The molecule has 0 aliphatic heterocycles. The molecular weight excluding hydrogens is 414 g/mol. The SMILES string of the molecule is COC(=O)[C@H](Cc1ccc(OC)nc1)NC(=O)[C@@H](NC(=O)OCc1ccccc1)C(C)C. The van der Waals surface area contributed by atoms with E-state index in [0.717, 1.165) is 5.56 Å². The molecule has 2 amide bonds. The summed E-state index contributed by atoms with van der Waals surface area (Å²) < 4.78 is 15.1. The molecule has 0 aliphatic rings. The molecule has 2 aromatic rings. The van der Waals surface area contributed by atoms with Crippen LogP contribution in [0.2, 0.25) is 0 Å². The number of nitrogens with one attached hydrogen (secondary N) is 2. The van der Waals surface area contributed by atoms with E-state index in [9.17, 15) is 14.4 Å². The first-order valence-electron chi connectivity index (χ1n) is 10.2. The number of rotatable bonds is 10. The number of hydrogen-bond acceptors (Lipinski definition) is 7. The summed E-state index contributed by atoms with van der Waals surface area (Å²) in [5, 5.41) is 5.24. The number of benzene rings is 1. The van der Waals surface area contributed by atoms with E-state index in [1.807, 2.05) is 30.3 Å². The Kier molecular flexibility index (Phi) is 9.46. The topological polar surface area (TPSA) is 116 Å². The molecule has 2 N–H and O–H groups in total. The minimum Gasteiger partial charge on any atom is -0.481 e. The van der Waals surface area contributed by atoms with Crippen LogP contribution < -0.4 is 15.4 Å². The molecule has 1 heterocycles. The van der Waals surface area contributed by atoms with Crippen LogP contribution in [0.3, 0.4) is 0 Å². The molecule has 0 radical (unpaired) electrons. The highest BCUT2D eigenvalue weighted by Gasteiger charge is 2.30. The lowest BCUT2D eigenvalue weighted by Gasteiger charge is -2.24. The first kappa shape index (κ1) is 24.6. The molecule has 0 unspecified atom stereocenters. The number of nitrogens with zero attached hydrogens (tertiary/aromatic N) is 1. The fourth-order valence-electron chi connectivity index (χ4n) is 2.91. The minimum atomic E-state index is -0.953. The van der Waals surface area contributed by atoms with Crippen LogP contribution in [0, 0.1) is 5.92 Å². The maximum Gasteiger partial charge on any atom is 0.408 e. The van der Waals surface area contributed by atoms with Crippen LogP contribution in [0.4, 0.5) is 4.79 Å². The number of carbonyl (C=O) groups is 3. The van der Waals surface area contributed by atoms with Gasteiger partial charge >= 0.3 is 12.1 Å². The molecule has 0 fully saturated rings. The Bertz CT molecular complexity index is 886. The van der Waals surface area contributed by atoms with Gasteiger partial charge in [-0.25, -0.2) is 14.6 Å². The largest absolute Gasteiger partial charge is 0.481 e. The lowest BCUT2D eigenvalue weighted by molar-refractivity contribution is -0.145. The van der Waals surface area contributed by atoms with Crippen LogP contribution in [0.5, 0.6) is 5.88 Å². The number of esters is 1. The molecule has 9 nitrogen and oxygen atoms in total. The fraction of sp³-hybridized carbons (Fsp3) is 0.391. The second-order valence-electron chi connectivity index (χ2n) is 7.43. The van der Waals surface area contributed by atoms with E-state index in [-0.39, 0.29) is 18.9 Å². The number of pyridine rings is 1. The van der Waals surface area contributed by atoms with Crippen LogP contribution in [0.1, 0.15) is 25.0 Å². The zero-order chi connectivity index (χ0) is 23.5. The average Bonchev–Trinajstić information content (AvgIpc) is 2.81. The minimum absolute atomic E-state index is 0.0777. The van der Waals surface area contributed by atoms with Gasteiger partial charge in [-0.05, 0) is 17.0 Å². The second kappa shape index (κ2) is 12.3. The van der Waals surface area contributed by atoms with Gasteiger partial charge in [-0.2, -0.15) is 0 Å². The highest BCUT2D eigenvalue weighted by molar-refractivity contribution is 5.90. The smallest absolute Gasteiger partial charge is 0.408 e. The first-order chi connectivity index (χ1) is 15.3. The Morgan fingerprint density at radius 2 is 1.69 bits per heavy atom. The Hall–Kier alpha value is -3.62. The van der Waals surface area contributed by atoms with Gasteiger partial charge in [0.25, 0.3) is 0 Å². The van der Waals surface area contributed by atoms with Gasteiger partial charge in [0.1, 0.15) is 18.7 Å². The molecule has 0 saturated heterocycles. The maximum atomic E-state index is 12.9. The molecular formula is C23H29N3O6. The number of amides is 2. The van der Waals surface area contributed by atoms with Gasteiger partial charge in [-0.15, -0.1) is 0 Å². The van der Waals surface area contributed by atoms with Crippen LogP contribution in [-0.2, 0) is 32.1 Å². The summed E-state index contributed by atoms with van der Waals surface area (Å²) in [7, 11) is 2.75. The van der Waals surface area contributed by atoms with Crippen molar-refractivity contribution in [1.82, 2.24) is 15.6 Å². The molecule has 0 aliphatic carbocycles. The van der Waals surface area contributed by atoms with Crippen molar-refractivity contribution in [3.8, 4) is 5.88 Å². The first-order valence-corrected chi connectivity index (χ1v) is 10.2. The van der Waals surface area contributed by atoms with Gasteiger partial charge in [-0.1, -0.05) is 50.2 Å². The summed E-state index contributed by atoms with van der Waals surface area (Å²) in [5.41, 5.74) is 1.53. The van der Waals surface area contributed by atoms with Gasteiger partial charge in [0, 0.05) is 18.7 Å². The molecule has 32 heavy (non-hydrogen) atoms. The summed E-state index contributed by atoms with van der Waals surface area (Å²) in [6.07, 6.45) is 0.996. The molecule has 0 bridgehead atoms. The Morgan fingerprint density at radius 3 is 2.25 bits per heavy atom. The highest BCUT2D eigenvalue weighted by atomic mass is 16.5. The Morgan fingerprint density at radius 1 is 0.969 bits per heavy atom. The van der Waals surface area contributed by atoms with Crippen molar-refractivity contribution in [3.63, 3.8) is 0 Å². The quantitative estimate of drug-likeness (QED) is 0.541. The monoisotopic (exact) mass is 443 g/mol. The average molecular weight is 444 g/mol. The summed E-state index contributed by atoms with van der Waals surface area (Å²) in [5.74, 6) is -0.942. The fourth-order valence-corrected chi connectivity index (χ4v) is 2.91. The molecule has 2 atom stereocenters. The predicted octanol–water partition coefficient (Wildman–Crippen LogP) is 2.24. The van der Waals surface area contributed by atoms with Crippen LogP contribution in [-0.4, -0.2) is 49.3 Å².